The number of halogens is 1. The normalized spacial score (nSPS) is 10.7. The van der Waals surface area contributed by atoms with E-state index in [9.17, 15) is 14.9 Å². The number of ether oxygens (including phenoxy) is 1. The molecule has 0 atom stereocenters. The van der Waals surface area contributed by atoms with Crippen LogP contribution < -0.4 is 4.74 Å². The largest absolute Gasteiger partial charge is 0.485 e. The Morgan fingerprint density at radius 3 is 2.53 bits per heavy atom. The van der Waals surface area contributed by atoms with Crippen molar-refractivity contribution in [3.8, 4) is 11.4 Å². The molecular weight excluding hydrogens is 452 g/mol. The third-order valence-corrected chi connectivity index (χ3v) is 5.16. The molecule has 1 N–H and O–H groups in total. The summed E-state index contributed by atoms with van der Waals surface area (Å²) in [4.78, 5) is 23.7. The standard InChI is InChI=1S/C22H15ClN4O4S/c23-15-6-8-16(9-7-15)26-20(24-25-22(26)32)13-31-19-11-10-17(27(29)30)12-18(19)21(28)14-4-2-1-3-5-14/h1-12H,13H2,(H,25,32). The fraction of sp³-hybridized carbons (Fsp3) is 0.0455. The van der Waals surface area contributed by atoms with Crippen LogP contribution in [0.2, 0.25) is 5.02 Å². The van der Waals surface area contributed by atoms with Gasteiger partial charge in [0.25, 0.3) is 5.69 Å². The minimum absolute atomic E-state index is 0.0390. The van der Waals surface area contributed by atoms with Crippen molar-refractivity contribution < 1.29 is 14.5 Å². The molecule has 160 valence electrons. The summed E-state index contributed by atoms with van der Waals surface area (Å²) in [5.41, 5.74) is 0.996. The Kier molecular flexibility index (Phi) is 6.11. The Labute approximate surface area is 192 Å². The van der Waals surface area contributed by atoms with Crippen molar-refractivity contribution in [3.05, 3.63) is 110 Å². The monoisotopic (exact) mass is 466 g/mol. The average molecular weight is 467 g/mol. The fourth-order valence-corrected chi connectivity index (χ4v) is 3.49. The zero-order valence-electron chi connectivity index (χ0n) is 16.4. The number of H-pyrrole nitrogens is 1. The van der Waals surface area contributed by atoms with Crippen molar-refractivity contribution >= 4 is 35.3 Å². The van der Waals surface area contributed by atoms with Gasteiger partial charge in [-0.15, -0.1) is 0 Å². The van der Waals surface area contributed by atoms with Gasteiger partial charge in [0.15, 0.2) is 16.4 Å². The van der Waals surface area contributed by atoms with Crippen molar-refractivity contribution in [2.45, 2.75) is 6.61 Å². The maximum absolute atomic E-state index is 13.0. The lowest BCUT2D eigenvalue weighted by Crippen LogP contribution is -2.09. The van der Waals surface area contributed by atoms with Crippen LogP contribution in [0.4, 0.5) is 5.69 Å². The summed E-state index contributed by atoms with van der Waals surface area (Å²) in [6, 6.07) is 19.4. The molecule has 0 saturated heterocycles. The molecule has 0 unspecified atom stereocenters. The van der Waals surface area contributed by atoms with E-state index in [2.05, 4.69) is 10.2 Å². The highest BCUT2D eigenvalue weighted by molar-refractivity contribution is 7.71. The molecule has 0 bridgehead atoms. The summed E-state index contributed by atoms with van der Waals surface area (Å²) in [6.07, 6.45) is 0. The first-order chi connectivity index (χ1) is 15.4. The number of nitrogens with one attached hydrogen (secondary N) is 1. The third-order valence-electron chi connectivity index (χ3n) is 4.64. The number of aromatic amines is 1. The lowest BCUT2D eigenvalue weighted by molar-refractivity contribution is -0.384. The number of carbonyl (C=O) groups excluding carboxylic acids is 1. The van der Waals surface area contributed by atoms with E-state index in [0.717, 1.165) is 5.69 Å². The number of non-ortho nitro benzene ring substituents is 1. The van der Waals surface area contributed by atoms with Crippen LogP contribution in [0.25, 0.3) is 5.69 Å². The van der Waals surface area contributed by atoms with Gasteiger partial charge in [-0.25, -0.2) is 0 Å². The first-order valence-corrected chi connectivity index (χ1v) is 10.2. The van der Waals surface area contributed by atoms with Gasteiger partial charge >= 0.3 is 0 Å². The highest BCUT2D eigenvalue weighted by atomic mass is 35.5. The molecule has 0 radical (unpaired) electrons. The zero-order valence-corrected chi connectivity index (χ0v) is 18.0. The van der Waals surface area contributed by atoms with Crippen LogP contribution in [0.3, 0.4) is 0 Å². The van der Waals surface area contributed by atoms with Gasteiger partial charge in [0.2, 0.25) is 0 Å². The number of rotatable bonds is 7. The Bertz CT molecular complexity index is 1350. The van der Waals surface area contributed by atoms with Crippen molar-refractivity contribution in [2.75, 3.05) is 0 Å². The van der Waals surface area contributed by atoms with Gasteiger partial charge in [-0.05, 0) is 42.5 Å². The summed E-state index contributed by atoms with van der Waals surface area (Å²) in [5, 5.41) is 18.7. The number of aromatic nitrogens is 3. The van der Waals surface area contributed by atoms with Crippen LogP contribution in [-0.4, -0.2) is 25.5 Å². The molecule has 4 rings (SSSR count). The first-order valence-electron chi connectivity index (χ1n) is 9.37. The van der Waals surface area contributed by atoms with Crippen LogP contribution in [-0.2, 0) is 6.61 Å². The van der Waals surface area contributed by atoms with Gasteiger partial charge in [0, 0.05) is 28.4 Å². The van der Waals surface area contributed by atoms with E-state index in [4.69, 9.17) is 28.6 Å². The maximum Gasteiger partial charge on any atom is 0.270 e. The van der Waals surface area contributed by atoms with E-state index in [1.807, 2.05) is 0 Å². The van der Waals surface area contributed by atoms with Crippen LogP contribution >= 0.6 is 23.8 Å². The Morgan fingerprint density at radius 1 is 1.12 bits per heavy atom. The second kappa shape index (κ2) is 9.13. The van der Waals surface area contributed by atoms with Gasteiger partial charge in [0.05, 0.1) is 10.5 Å². The first kappa shape index (κ1) is 21.4. The van der Waals surface area contributed by atoms with Crippen LogP contribution in [0.1, 0.15) is 21.7 Å². The molecule has 0 saturated carbocycles. The molecule has 32 heavy (non-hydrogen) atoms. The van der Waals surface area contributed by atoms with Crippen molar-refractivity contribution in [2.24, 2.45) is 0 Å². The summed E-state index contributed by atoms with van der Waals surface area (Å²) in [7, 11) is 0. The summed E-state index contributed by atoms with van der Waals surface area (Å²) in [5.74, 6) is 0.260. The second-order valence-corrected chi connectivity index (χ2v) is 7.50. The zero-order chi connectivity index (χ0) is 22.7. The number of carbonyl (C=O) groups is 1. The number of nitro groups is 1. The van der Waals surface area contributed by atoms with Gasteiger partial charge < -0.3 is 4.74 Å². The number of hydrogen-bond donors (Lipinski definition) is 1. The predicted molar refractivity (Wildman–Crippen MR) is 121 cm³/mol. The molecule has 1 aromatic heterocycles. The van der Waals surface area contributed by atoms with E-state index >= 15 is 0 Å². The topological polar surface area (TPSA) is 103 Å². The van der Waals surface area contributed by atoms with Gasteiger partial charge in [-0.2, -0.15) is 5.10 Å². The molecule has 0 amide bonds. The van der Waals surface area contributed by atoms with Crippen LogP contribution in [0.5, 0.6) is 5.75 Å². The van der Waals surface area contributed by atoms with Gasteiger partial charge in [0.1, 0.15) is 12.4 Å². The molecule has 0 spiro atoms. The average Bonchev–Trinajstić information content (AvgIpc) is 3.18. The van der Waals surface area contributed by atoms with Crippen molar-refractivity contribution in [3.63, 3.8) is 0 Å². The molecule has 0 aliphatic carbocycles. The SMILES string of the molecule is O=C(c1ccccc1)c1cc([N+](=O)[O-])ccc1OCc1n[nH]c(=S)n1-c1ccc(Cl)cc1. The minimum Gasteiger partial charge on any atom is -0.485 e. The van der Waals surface area contributed by atoms with Crippen molar-refractivity contribution in [1.29, 1.82) is 0 Å². The molecule has 4 aromatic rings. The number of benzene rings is 3. The highest BCUT2D eigenvalue weighted by Crippen LogP contribution is 2.28. The smallest absolute Gasteiger partial charge is 0.270 e. The fourth-order valence-electron chi connectivity index (χ4n) is 3.11. The van der Waals surface area contributed by atoms with E-state index in [0.29, 0.717) is 21.2 Å². The number of nitro benzene ring substituents is 1. The Balaban J connectivity index is 1.67. The summed E-state index contributed by atoms with van der Waals surface area (Å²) >= 11 is 11.3. The number of nitrogens with zero attached hydrogens (tertiary/aromatic N) is 3. The van der Waals surface area contributed by atoms with Gasteiger partial charge in [-0.1, -0.05) is 41.9 Å². The lowest BCUT2D eigenvalue weighted by Gasteiger charge is -2.12. The van der Waals surface area contributed by atoms with Crippen LogP contribution in [0, 0.1) is 14.9 Å². The quantitative estimate of drug-likeness (QED) is 0.171. The second-order valence-electron chi connectivity index (χ2n) is 6.68. The maximum atomic E-state index is 13.0. The molecule has 1 heterocycles. The highest BCUT2D eigenvalue weighted by Gasteiger charge is 2.20. The molecule has 10 heteroatoms. The van der Waals surface area contributed by atoms with Gasteiger partial charge in [-0.3, -0.25) is 24.6 Å². The van der Waals surface area contributed by atoms with E-state index in [1.54, 1.807) is 59.2 Å². The molecule has 0 aliphatic rings. The van der Waals surface area contributed by atoms with E-state index in [1.165, 1.54) is 18.2 Å². The lowest BCUT2D eigenvalue weighted by atomic mass is 10.0. The van der Waals surface area contributed by atoms with E-state index < -0.39 is 4.92 Å². The number of ketones is 1. The summed E-state index contributed by atoms with van der Waals surface area (Å²) in [6.45, 7) is -0.0390. The number of hydrogen-bond acceptors (Lipinski definition) is 6. The molecule has 0 aliphatic heterocycles. The van der Waals surface area contributed by atoms with Crippen LogP contribution in [0.15, 0.2) is 72.8 Å². The third kappa shape index (κ3) is 4.43. The molecular formula is C22H15ClN4O4S. The molecule has 8 nitrogen and oxygen atoms in total. The minimum atomic E-state index is -0.558. The Hall–Kier alpha value is -3.82. The summed E-state index contributed by atoms with van der Waals surface area (Å²) < 4.78 is 7.91. The van der Waals surface area contributed by atoms with Crippen molar-refractivity contribution in [1.82, 2.24) is 14.8 Å². The molecule has 0 fully saturated rings. The Morgan fingerprint density at radius 2 is 1.84 bits per heavy atom. The molecule has 3 aromatic carbocycles. The predicted octanol–water partition coefficient (Wildman–Crippen LogP) is 5.30. The van der Waals surface area contributed by atoms with E-state index in [-0.39, 0.29) is 29.4 Å².